The number of halogens is 1. The first kappa shape index (κ1) is 18.8. The van der Waals surface area contributed by atoms with Gasteiger partial charge in [-0.2, -0.15) is 0 Å². The Hall–Kier alpha value is -3.58. The van der Waals surface area contributed by atoms with Gasteiger partial charge in [-0.3, -0.25) is 4.98 Å². The van der Waals surface area contributed by atoms with E-state index in [1.54, 1.807) is 31.6 Å². The monoisotopic (exact) mass is 390 g/mol. The van der Waals surface area contributed by atoms with Gasteiger partial charge in [0.1, 0.15) is 22.9 Å². The molecule has 146 valence electrons. The molecule has 0 saturated heterocycles. The number of hydrogen-bond donors (Lipinski definition) is 2. The maximum absolute atomic E-state index is 13.3. The summed E-state index contributed by atoms with van der Waals surface area (Å²) in [7, 11) is 1.58. The summed E-state index contributed by atoms with van der Waals surface area (Å²) in [5, 5.41) is 13.2. The second-order valence-electron chi connectivity index (χ2n) is 6.37. The number of fused-ring (bicyclic) bond motifs is 1. The third kappa shape index (κ3) is 3.86. The van der Waals surface area contributed by atoms with Gasteiger partial charge in [0.15, 0.2) is 5.82 Å². The Morgan fingerprint density at radius 1 is 1.03 bits per heavy atom. The number of ether oxygens (including phenoxy) is 1. The Balaban J connectivity index is 1.94. The molecule has 4 rings (SSSR count). The van der Waals surface area contributed by atoms with Crippen molar-refractivity contribution in [2.45, 2.75) is 0 Å². The summed E-state index contributed by atoms with van der Waals surface area (Å²) in [6.07, 6.45) is 3.38. The summed E-state index contributed by atoms with van der Waals surface area (Å²) in [5.74, 6) is 1.35. The number of aliphatic hydroxyl groups excluding tert-OH is 1. The highest BCUT2D eigenvalue weighted by Crippen LogP contribution is 2.35. The van der Waals surface area contributed by atoms with Crippen LogP contribution in [-0.2, 0) is 0 Å². The van der Waals surface area contributed by atoms with E-state index in [2.05, 4.69) is 15.3 Å². The van der Waals surface area contributed by atoms with Crippen molar-refractivity contribution in [3.05, 3.63) is 66.7 Å². The maximum Gasteiger partial charge on any atom is 0.163 e. The van der Waals surface area contributed by atoms with Gasteiger partial charge in [0.05, 0.1) is 13.7 Å². The van der Waals surface area contributed by atoms with Crippen LogP contribution in [0.1, 0.15) is 0 Å². The summed E-state index contributed by atoms with van der Waals surface area (Å²) in [4.78, 5) is 13.5. The van der Waals surface area contributed by atoms with E-state index in [1.165, 1.54) is 12.1 Å². The number of anilines is 1. The molecule has 0 aliphatic rings. The van der Waals surface area contributed by atoms with Gasteiger partial charge in [0.2, 0.25) is 0 Å². The Kier molecular flexibility index (Phi) is 5.31. The average Bonchev–Trinajstić information content (AvgIpc) is 2.77. The van der Waals surface area contributed by atoms with E-state index >= 15 is 0 Å². The second kappa shape index (κ2) is 8.20. The third-order valence-corrected chi connectivity index (χ3v) is 4.49. The molecule has 0 amide bonds. The molecule has 0 unspecified atom stereocenters. The zero-order valence-electron chi connectivity index (χ0n) is 15.8. The minimum absolute atomic E-state index is 0.0392. The van der Waals surface area contributed by atoms with Crippen LogP contribution >= 0.6 is 0 Å². The van der Waals surface area contributed by atoms with Crippen LogP contribution in [0, 0.1) is 5.82 Å². The fraction of sp³-hybridized carbons (Fsp3) is 0.136. The topological polar surface area (TPSA) is 80.2 Å². The fourth-order valence-electron chi connectivity index (χ4n) is 3.10. The van der Waals surface area contributed by atoms with Gasteiger partial charge in [-0.1, -0.05) is 12.1 Å². The van der Waals surface area contributed by atoms with Crippen molar-refractivity contribution >= 4 is 16.7 Å². The zero-order valence-corrected chi connectivity index (χ0v) is 15.8. The molecule has 0 aliphatic heterocycles. The van der Waals surface area contributed by atoms with Crippen LogP contribution in [0.25, 0.3) is 33.4 Å². The first-order chi connectivity index (χ1) is 14.2. The first-order valence-corrected chi connectivity index (χ1v) is 9.10. The summed E-state index contributed by atoms with van der Waals surface area (Å²) >= 11 is 0. The normalized spacial score (nSPS) is 10.9. The van der Waals surface area contributed by atoms with Crippen LogP contribution in [0.5, 0.6) is 5.75 Å². The summed E-state index contributed by atoms with van der Waals surface area (Å²) in [5.41, 5.74) is 3.09. The standard InChI is InChI=1S/C22H19FN4O2/c1-29-19-12-16(14-4-6-17(23)7-5-14)11-18-20(19)26-21(15-3-2-8-24-13-15)27-22(18)25-9-10-28/h2-8,11-13,28H,9-10H2,1H3,(H,25,26,27). The molecule has 2 heterocycles. The van der Waals surface area contributed by atoms with Crippen LogP contribution in [0.2, 0.25) is 0 Å². The molecule has 0 bridgehead atoms. The highest BCUT2D eigenvalue weighted by molar-refractivity contribution is 5.97. The molecule has 2 N–H and O–H groups in total. The van der Waals surface area contributed by atoms with E-state index < -0.39 is 0 Å². The molecular weight excluding hydrogens is 371 g/mol. The van der Waals surface area contributed by atoms with Gasteiger partial charge in [0.25, 0.3) is 0 Å². The molecule has 0 saturated carbocycles. The lowest BCUT2D eigenvalue weighted by atomic mass is 10.0. The van der Waals surface area contributed by atoms with Crippen molar-refractivity contribution in [1.29, 1.82) is 0 Å². The van der Waals surface area contributed by atoms with Crippen LogP contribution in [0.15, 0.2) is 60.9 Å². The molecule has 0 atom stereocenters. The van der Waals surface area contributed by atoms with Crippen molar-refractivity contribution in [3.8, 4) is 28.3 Å². The lowest BCUT2D eigenvalue weighted by Gasteiger charge is -2.14. The Morgan fingerprint density at radius 3 is 2.55 bits per heavy atom. The van der Waals surface area contributed by atoms with E-state index in [9.17, 15) is 9.50 Å². The number of hydrogen-bond acceptors (Lipinski definition) is 6. The Morgan fingerprint density at radius 2 is 1.86 bits per heavy atom. The van der Waals surface area contributed by atoms with E-state index in [0.717, 1.165) is 22.1 Å². The molecule has 0 fully saturated rings. The van der Waals surface area contributed by atoms with Crippen molar-refractivity contribution in [2.24, 2.45) is 0 Å². The second-order valence-corrected chi connectivity index (χ2v) is 6.37. The number of methoxy groups -OCH3 is 1. The number of nitrogens with zero attached hydrogens (tertiary/aromatic N) is 3. The minimum atomic E-state index is -0.295. The molecule has 0 aliphatic carbocycles. The largest absolute Gasteiger partial charge is 0.494 e. The van der Waals surface area contributed by atoms with Gasteiger partial charge >= 0.3 is 0 Å². The lowest BCUT2D eigenvalue weighted by molar-refractivity contribution is 0.311. The van der Waals surface area contributed by atoms with E-state index in [-0.39, 0.29) is 12.4 Å². The summed E-state index contributed by atoms with van der Waals surface area (Å²) in [6, 6.07) is 13.7. The highest BCUT2D eigenvalue weighted by Gasteiger charge is 2.15. The zero-order chi connectivity index (χ0) is 20.2. The van der Waals surface area contributed by atoms with Crippen molar-refractivity contribution < 1.29 is 14.2 Å². The molecule has 7 heteroatoms. The van der Waals surface area contributed by atoms with Crippen LogP contribution < -0.4 is 10.1 Å². The quantitative estimate of drug-likeness (QED) is 0.520. The van der Waals surface area contributed by atoms with Gasteiger partial charge in [0, 0.05) is 29.9 Å². The number of pyridine rings is 1. The van der Waals surface area contributed by atoms with Gasteiger partial charge in [-0.25, -0.2) is 14.4 Å². The third-order valence-electron chi connectivity index (χ3n) is 4.49. The van der Waals surface area contributed by atoms with Crippen LogP contribution in [-0.4, -0.2) is 40.3 Å². The number of rotatable bonds is 6. The molecule has 2 aromatic heterocycles. The average molecular weight is 390 g/mol. The molecule has 4 aromatic rings. The van der Waals surface area contributed by atoms with Crippen molar-refractivity contribution in [3.63, 3.8) is 0 Å². The number of aromatic nitrogens is 3. The SMILES string of the molecule is COc1cc(-c2ccc(F)cc2)cc2c(NCCO)nc(-c3cccnc3)nc12. The molecule has 0 radical (unpaired) electrons. The van der Waals surface area contributed by atoms with Crippen LogP contribution in [0.4, 0.5) is 10.2 Å². The molecule has 29 heavy (non-hydrogen) atoms. The molecule has 2 aromatic carbocycles. The highest BCUT2D eigenvalue weighted by atomic mass is 19.1. The molecule has 0 spiro atoms. The van der Waals surface area contributed by atoms with E-state index in [1.807, 2.05) is 24.3 Å². The maximum atomic E-state index is 13.3. The fourth-order valence-corrected chi connectivity index (χ4v) is 3.10. The van der Waals surface area contributed by atoms with Gasteiger partial charge < -0.3 is 15.2 Å². The first-order valence-electron chi connectivity index (χ1n) is 9.10. The van der Waals surface area contributed by atoms with Gasteiger partial charge in [-0.05, 0) is 47.5 Å². The molecular formula is C22H19FN4O2. The number of benzene rings is 2. The Labute approximate surface area is 167 Å². The minimum Gasteiger partial charge on any atom is -0.494 e. The molecule has 6 nitrogen and oxygen atoms in total. The smallest absolute Gasteiger partial charge is 0.163 e. The lowest BCUT2D eigenvalue weighted by Crippen LogP contribution is -2.09. The predicted octanol–water partition coefficient (Wildman–Crippen LogP) is 3.91. The van der Waals surface area contributed by atoms with E-state index in [4.69, 9.17) is 9.72 Å². The van der Waals surface area contributed by atoms with Gasteiger partial charge in [-0.15, -0.1) is 0 Å². The van der Waals surface area contributed by atoms with E-state index in [0.29, 0.717) is 29.5 Å². The summed E-state index contributed by atoms with van der Waals surface area (Å²) < 4.78 is 18.9. The number of nitrogens with one attached hydrogen (secondary N) is 1. The van der Waals surface area contributed by atoms with Crippen LogP contribution in [0.3, 0.4) is 0 Å². The predicted molar refractivity (Wildman–Crippen MR) is 110 cm³/mol. The summed E-state index contributed by atoms with van der Waals surface area (Å²) in [6.45, 7) is 0.296. The number of aliphatic hydroxyl groups is 1. The Bertz CT molecular complexity index is 1140. The van der Waals surface area contributed by atoms with Crippen molar-refractivity contribution in [2.75, 3.05) is 25.6 Å². The van der Waals surface area contributed by atoms with Crippen molar-refractivity contribution in [1.82, 2.24) is 15.0 Å².